The molecule has 0 bridgehead atoms. The molecule has 2 aliphatic heterocycles. The highest BCUT2D eigenvalue weighted by atomic mass is 16.5. The molecule has 3 heterocycles. The Morgan fingerprint density at radius 3 is 2.54 bits per heavy atom. The predicted molar refractivity (Wildman–Crippen MR) is 93.9 cm³/mol. The van der Waals surface area contributed by atoms with Gasteiger partial charge in [-0.25, -0.2) is 0 Å². The summed E-state index contributed by atoms with van der Waals surface area (Å²) in [6.07, 6.45) is 6.22. The summed E-state index contributed by atoms with van der Waals surface area (Å²) < 4.78 is 5.20. The van der Waals surface area contributed by atoms with Gasteiger partial charge in [-0.2, -0.15) is 0 Å². The van der Waals surface area contributed by atoms with E-state index in [2.05, 4.69) is 28.8 Å². The third-order valence-corrected chi connectivity index (χ3v) is 5.96. The lowest BCUT2D eigenvalue weighted by molar-refractivity contribution is -0.133. The van der Waals surface area contributed by atoms with Crippen molar-refractivity contribution < 1.29 is 9.32 Å². The van der Waals surface area contributed by atoms with Crippen molar-refractivity contribution in [3.05, 3.63) is 17.0 Å². The molecule has 1 amide bonds. The highest BCUT2D eigenvalue weighted by Gasteiger charge is 2.36. The SMILES string of the molecule is Cc1noc(C)c1CCC(=O)N1CCC[C@@H](N2[C@H](C)CC[C@@H]2C)C1. The first-order valence-electron chi connectivity index (χ1n) is 9.44. The molecule has 3 rings (SSSR count). The number of nitrogens with zero attached hydrogens (tertiary/aromatic N) is 3. The van der Waals surface area contributed by atoms with Gasteiger partial charge in [0.2, 0.25) is 5.91 Å². The van der Waals surface area contributed by atoms with Crippen LogP contribution in [0.1, 0.15) is 63.0 Å². The quantitative estimate of drug-likeness (QED) is 0.849. The zero-order chi connectivity index (χ0) is 17.3. The number of likely N-dealkylation sites (tertiary alicyclic amines) is 2. The molecule has 0 spiro atoms. The molecule has 3 atom stereocenters. The second-order valence-electron chi connectivity index (χ2n) is 7.66. The van der Waals surface area contributed by atoms with Crippen molar-refractivity contribution in [3.8, 4) is 0 Å². The molecular formula is C19H31N3O2. The molecule has 1 aromatic rings. The predicted octanol–water partition coefficient (Wildman–Crippen LogP) is 3.09. The Morgan fingerprint density at radius 1 is 1.21 bits per heavy atom. The number of amides is 1. The van der Waals surface area contributed by atoms with E-state index < -0.39 is 0 Å². The average molecular weight is 333 g/mol. The molecule has 2 saturated heterocycles. The van der Waals surface area contributed by atoms with Gasteiger partial charge in [0.15, 0.2) is 0 Å². The maximum absolute atomic E-state index is 12.7. The van der Waals surface area contributed by atoms with Crippen LogP contribution in [0.3, 0.4) is 0 Å². The molecule has 0 radical (unpaired) electrons. The molecule has 5 nitrogen and oxygen atoms in total. The van der Waals surface area contributed by atoms with Crippen LogP contribution in [-0.2, 0) is 11.2 Å². The van der Waals surface area contributed by atoms with E-state index in [1.807, 2.05) is 13.8 Å². The first kappa shape index (κ1) is 17.5. The van der Waals surface area contributed by atoms with Crippen LogP contribution in [0, 0.1) is 13.8 Å². The van der Waals surface area contributed by atoms with Crippen molar-refractivity contribution in [1.29, 1.82) is 0 Å². The Balaban J connectivity index is 1.57. The first-order valence-corrected chi connectivity index (χ1v) is 9.44. The van der Waals surface area contributed by atoms with Crippen molar-refractivity contribution in [3.63, 3.8) is 0 Å². The van der Waals surface area contributed by atoms with E-state index in [0.29, 0.717) is 24.5 Å². The number of piperidine rings is 1. The zero-order valence-electron chi connectivity index (χ0n) is 15.5. The molecule has 5 heteroatoms. The maximum atomic E-state index is 12.7. The van der Waals surface area contributed by atoms with Crippen molar-refractivity contribution in [1.82, 2.24) is 15.0 Å². The fourth-order valence-electron chi connectivity index (χ4n) is 4.61. The second kappa shape index (κ2) is 7.26. The van der Waals surface area contributed by atoms with Crippen LogP contribution in [0.2, 0.25) is 0 Å². The van der Waals surface area contributed by atoms with Gasteiger partial charge >= 0.3 is 0 Å². The number of carbonyl (C=O) groups is 1. The molecule has 0 aliphatic carbocycles. The third-order valence-electron chi connectivity index (χ3n) is 5.96. The summed E-state index contributed by atoms with van der Waals surface area (Å²) in [5, 5.41) is 3.98. The van der Waals surface area contributed by atoms with Gasteiger partial charge in [-0.1, -0.05) is 5.16 Å². The number of rotatable bonds is 4. The van der Waals surface area contributed by atoms with Crippen molar-refractivity contribution in [2.75, 3.05) is 13.1 Å². The van der Waals surface area contributed by atoms with Gasteiger partial charge in [0.1, 0.15) is 5.76 Å². The highest BCUT2D eigenvalue weighted by molar-refractivity contribution is 5.76. The molecule has 0 unspecified atom stereocenters. The van der Waals surface area contributed by atoms with Gasteiger partial charge in [-0.15, -0.1) is 0 Å². The van der Waals surface area contributed by atoms with Crippen LogP contribution in [0.25, 0.3) is 0 Å². The summed E-state index contributed by atoms with van der Waals surface area (Å²) >= 11 is 0. The van der Waals surface area contributed by atoms with Crippen LogP contribution < -0.4 is 0 Å². The number of aromatic nitrogens is 1. The lowest BCUT2D eigenvalue weighted by Gasteiger charge is -2.41. The lowest BCUT2D eigenvalue weighted by Crippen LogP contribution is -2.52. The van der Waals surface area contributed by atoms with E-state index in [4.69, 9.17) is 4.52 Å². The molecule has 134 valence electrons. The average Bonchev–Trinajstić information content (AvgIpc) is 3.07. The summed E-state index contributed by atoms with van der Waals surface area (Å²) in [5.74, 6) is 1.12. The van der Waals surface area contributed by atoms with E-state index >= 15 is 0 Å². The largest absolute Gasteiger partial charge is 0.361 e. The Labute approximate surface area is 145 Å². The topological polar surface area (TPSA) is 49.6 Å². The summed E-state index contributed by atoms with van der Waals surface area (Å²) in [5.41, 5.74) is 2.01. The Bertz CT molecular complexity index is 554. The number of carbonyl (C=O) groups excluding carboxylic acids is 1. The number of hydrogen-bond acceptors (Lipinski definition) is 4. The van der Waals surface area contributed by atoms with Crippen LogP contribution in [0.5, 0.6) is 0 Å². The number of hydrogen-bond donors (Lipinski definition) is 0. The minimum atomic E-state index is 0.277. The first-order chi connectivity index (χ1) is 11.5. The van der Waals surface area contributed by atoms with E-state index in [-0.39, 0.29) is 5.91 Å². The summed E-state index contributed by atoms with van der Waals surface area (Å²) in [6, 6.07) is 1.85. The molecule has 0 N–H and O–H groups in total. The van der Waals surface area contributed by atoms with E-state index in [9.17, 15) is 4.79 Å². The van der Waals surface area contributed by atoms with E-state index in [1.54, 1.807) is 0 Å². The standard InChI is InChI=1S/C19H31N3O2/c1-13-7-8-14(2)22(13)17-6-5-11-21(12-17)19(23)10-9-18-15(3)20-24-16(18)4/h13-14,17H,5-12H2,1-4H3/t13-,14+,17-/m1/s1. The summed E-state index contributed by atoms with van der Waals surface area (Å²) in [7, 11) is 0. The summed E-state index contributed by atoms with van der Waals surface area (Å²) in [4.78, 5) is 17.4. The van der Waals surface area contributed by atoms with Gasteiger partial charge in [0.25, 0.3) is 0 Å². The fraction of sp³-hybridized carbons (Fsp3) is 0.789. The molecule has 2 aliphatic rings. The van der Waals surface area contributed by atoms with Crippen molar-refractivity contribution in [2.24, 2.45) is 0 Å². The normalized spacial score (nSPS) is 28.5. The Morgan fingerprint density at radius 2 is 1.92 bits per heavy atom. The molecule has 1 aromatic heterocycles. The van der Waals surface area contributed by atoms with E-state index in [0.717, 1.165) is 42.9 Å². The molecule has 24 heavy (non-hydrogen) atoms. The lowest BCUT2D eigenvalue weighted by atomic mass is 10.0. The molecule has 0 aromatic carbocycles. The molecular weight excluding hydrogens is 302 g/mol. The zero-order valence-corrected chi connectivity index (χ0v) is 15.5. The highest BCUT2D eigenvalue weighted by Crippen LogP contribution is 2.30. The molecule has 2 fully saturated rings. The van der Waals surface area contributed by atoms with Crippen LogP contribution in [-0.4, -0.2) is 52.1 Å². The second-order valence-corrected chi connectivity index (χ2v) is 7.66. The van der Waals surface area contributed by atoms with Crippen LogP contribution >= 0.6 is 0 Å². The smallest absolute Gasteiger partial charge is 0.222 e. The van der Waals surface area contributed by atoms with Gasteiger partial charge in [-0.3, -0.25) is 9.69 Å². The van der Waals surface area contributed by atoms with Gasteiger partial charge in [-0.05, 0) is 59.8 Å². The maximum Gasteiger partial charge on any atom is 0.222 e. The van der Waals surface area contributed by atoms with Crippen molar-refractivity contribution >= 4 is 5.91 Å². The third kappa shape index (κ3) is 3.51. The minimum absolute atomic E-state index is 0.277. The van der Waals surface area contributed by atoms with Crippen LogP contribution in [0.4, 0.5) is 0 Å². The van der Waals surface area contributed by atoms with Gasteiger partial charge in [0, 0.05) is 43.2 Å². The van der Waals surface area contributed by atoms with Crippen LogP contribution in [0.15, 0.2) is 4.52 Å². The van der Waals surface area contributed by atoms with Gasteiger partial charge in [0.05, 0.1) is 5.69 Å². The van der Waals surface area contributed by atoms with Gasteiger partial charge < -0.3 is 9.42 Å². The summed E-state index contributed by atoms with van der Waals surface area (Å²) in [6.45, 7) is 10.3. The minimum Gasteiger partial charge on any atom is -0.361 e. The number of aryl methyl sites for hydroxylation is 2. The Hall–Kier alpha value is -1.36. The monoisotopic (exact) mass is 333 g/mol. The Kier molecular flexibility index (Phi) is 5.28. The van der Waals surface area contributed by atoms with E-state index in [1.165, 1.54) is 19.3 Å². The molecule has 0 saturated carbocycles. The van der Waals surface area contributed by atoms with Crippen molar-refractivity contribution in [2.45, 2.75) is 84.3 Å². The fourth-order valence-corrected chi connectivity index (χ4v) is 4.61.